The molecule has 0 aromatic heterocycles. The first kappa shape index (κ1) is 105. The first-order chi connectivity index (χ1) is 51.6. The predicted molar refractivity (Wildman–Crippen MR) is 441 cm³/mol. The van der Waals surface area contributed by atoms with E-state index < -0.39 is 97.5 Å². The Kier molecular flexibility index (Phi) is 75.3. The van der Waals surface area contributed by atoms with Crippen LogP contribution in [0.4, 0.5) is 0 Å². The third kappa shape index (κ3) is 80.5. The van der Waals surface area contributed by atoms with Gasteiger partial charge in [-0.3, -0.25) is 37.3 Å². The number of rotatable bonds is 85. The molecule has 6 atom stereocenters. The molecular formula is C88H172O17P2. The van der Waals surface area contributed by atoms with E-state index in [4.69, 9.17) is 37.0 Å². The number of carbonyl (C=O) groups is 4. The standard InChI is InChI=1S/C88H172O17P2/c1-9-81(8)67-59-51-42-36-30-24-17-12-10-11-13-18-26-32-38-44-54-63-71-88(93)105-84(75-99-86(91)69-61-53-47-46-50-58-66-80(6)7)77-103-107(96,97)101-73-82(89)72-100-106(94,95)102-76-83(74-98-85(90)68-60-52-43-37-31-25-21-20-23-29-35-41-49-57-65-79(4)5)104-87(92)70-62-55-45-39-33-27-19-15-14-16-22-28-34-40-48-56-64-78(2)3/h78-84,89H,9-77H2,1-8H3,(H,94,95)(H,96,97)/t81?,82-,83-,84-/m1/s1. The normalized spacial score (nSPS) is 14.1. The summed E-state index contributed by atoms with van der Waals surface area (Å²) in [6.45, 7) is 14.3. The Balaban J connectivity index is 5.19. The van der Waals surface area contributed by atoms with Crippen molar-refractivity contribution in [1.29, 1.82) is 0 Å². The van der Waals surface area contributed by atoms with Crippen LogP contribution in [0, 0.1) is 23.7 Å². The van der Waals surface area contributed by atoms with E-state index in [1.54, 1.807) is 0 Å². The number of esters is 4. The number of ether oxygens (including phenoxy) is 4. The van der Waals surface area contributed by atoms with Crippen LogP contribution < -0.4 is 0 Å². The summed E-state index contributed by atoms with van der Waals surface area (Å²) in [5, 5.41) is 10.7. The molecule has 19 heteroatoms. The summed E-state index contributed by atoms with van der Waals surface area (Å²) in [6.07, 6.45) is 66.8. The number of hydrogen-bond donors (Lipinski definition) is 3. The van der Waals surface area contributed by atoms with E-state index in [9.17, 15) is 43.2 Å². The van der Waals surface area contributed by atoms with Gasteiger partial charge in [0, 0.05) is 25.7 Å². The van der Waals surface area contributed by atoms with Crippen molar-refractivity contribution in [3.05, 3.63) is 0 Å². The van der Waals surface area contributed by atoms with Crippen LogP contribution in [0.5, 0.6) is 0 Å². The average molecular weight is 1560 g/mol. The monoisotopic (exact) mass is 1560 g/mol. The fraction of sp³-hybridized carbons (Fsp3) is 0.955. The van der Waals surface area contributed by atoms with Gasteiger partial charge in [0.1, 0.15) is 19.3 Å². The molecular weight excluding hydrogens is 1390 g/mol. The molecule has 3 unspecified atom stereocenters. The van der Waals surface area contributed by atoms with E-state index in [-0.39, 0.29) is 25.7 Å². The van der Waals surface area contributed by atoms with E-state index in [1.165, 1.54) is 257 Å². The topological polar surface area (TPSA) is 237 Å². The maximum absolute atomic E-state index is 13.1. The zero-order valence-electron chi connectivity index (χ0n) is 70.8. The van der Waals surface area contributed by atoms with Crippen LogP contribution in [0.2, 0.25) is 0 Å². The Morgan fingerprint density at radius 1 is 0.262 bits per heavy atom. The highest BCUT2D eigenvalue weighted by Gasteiger charge is 2.31. The van der Waals surface area contributed by atoms with Crippen LogP contribution in [0.3, 0.4) is 0 Å². The van der Waals surface area contributed by atoms with Crippen molar-refractivity contribution in [3.8, 4) is 0 Å². The summed E-state index contributed by atoms with van der Waals surface area (Å²) in [4.78, 5) is 73.2. The quantitative estimate of drug-likeness (QED) is 0.0222. The van der Waals surface area contributed by atoms with Gasteiger partial charge in [-0.2, -0.15) is 0 Å². The number of aliphatic hydroxyl groups excluding tert-OH is 1. The summed E-state index contributed by atoms with van der Waals surface area (Å²) in [7, 11) is -9.93. The first-order valence-corrected chi connectivity index (χ1v) is 48.2. The van der Waals surface area contributed by atoms with E-state index in [0.29, 0.717) is 31.6 Å². The Morgan fingerprint density at radius 2 is 0.449 bits per heavy atom. The highest BCUT2D eigenvalue weighted by Crippen LogP contribution is 2.45. The van der Waals surface area contributed by atoms with Crippen molar-refractivity contribution < 1.29 is 80.2 Å². The summed E-state index contributed by atoms with van der Waals surface area (Å²) in [5.41, 5.74) is 0. The molecule has 0 aliphatic rings. The fourth-order valence-corrected chi connectivity index (χ4v) is 15.2. The number of aliphatic hydroxyl groups is 1. The average Bonchev–Trinajstić information content (AvgIpc) is 0.899. The van der Waals surface area contributed by atoms with Crippen LogP contribution in [0.15, 0.2) is 0 Å². The SMILES string of the molecule is CCC(C)CCCCCCCCCCCCCCCCCCCCC(=O)O[C@H](COC(=O)CCCCCCCCC(C)C)COP(=O)(O)OC[C@H](O)COP(=O)(O)OC[C@@H](COC(=O)CCCCCCCCCCCCCCCCC(C)C)OC(=O)CCCCCCCCCCCCCCCCCCC(C)C. The molecule has 0 aromatic rings. The minimum atomic E-state index is -4.97. The van der Waals surface area contributed by atoms with Crippen molar-refractivity contribution >= 4 is 39.5 Å². The fourth-order valence-electron chi connectivity index (χ4n) is 13.6. The molecule has 0 bridgehead atoms. The lowest BCUT2D eigenvalue weighted by atomic mass is 9.99. The minimum Gasteiger partial charge on any atom is -0.462 e. The number of phosphoric ester groups is 2. The Labute approximate surface area is 658 Å². The van der Waals surface area contributed by atoms with Gasteiger partial charge in [-0.05, 0) is 49.4 Å². The molecule has 3 N–H and O–H groups in total. The van der Waals surface area contributed by atoms with Crippen LogP contribution in [-0.4, -0.2) is 96.7 Å². The third-order valence-electron chi connectivity index (χ3n) is 20.9. The molecule has 0 heterocycles. The number of unbranched alkanes of at least 4 members (excludes halogenated alkanes) is 50. The molecule has 0 aromatic carbocycles. The van der Waals surface area contributed by atoms with Gasteiger partial charge in [-0.1, -0.05) is 409 Å². The van der Waals surface area contributed by atoms with Gasteiger partial charge >= 0.3 is 39.5 Å². The Bertz CT molecular complexity index is 2080. The van der Waals surface area contributed by atoms with E-state index in [2.05, 4.69) is 55.4 Å². The largest absolute Gasteiger partial charge is 0.472 e. The van der Waals surface area contributed by atoms with Gasteiger partial charge in [0.15, 0.2) is 12.2 Å². The summed E-state index contributed by atoms with van der Waals surface area (Å²) in [5.74, 6) is 1.05. The van der Waals surface area contributed by atoms with E-state index >= 15 is 0 Å². The van der Waals surface area contributed by atoms with Gasteiger partial charge in [0.05, 0.1) is 26.4 Å². The molecule has 0 aliphatic carbocycles. The van der Waals surface area contributed by atoms with Gasteiger partial charge in [-0.25, -0.2) is 9.13 Å². The molecule has 107 heavy (non-hydrogen) atoms. The lowest BCUT2D eigenvalue weighted by Gasteiger charge is -2.21. The van der Waals surface area contributed by atoms with Crippen molar-refractivity contribution in [2.75, 3.05) is 39.6 Å². The van der Waals surface area contributed by atoms with Crippen molar-refractivity contribution in [1.82, 2.24) is 0 Å². The molecule has 17 nitrogen and oxygen atoms in total. The second-order valence-corrected chi connectivity index (χ2v) is 36.2. The van der Waals surface area contributed by atoms with Crippen molar-refractivity contribution in [2.24, 2.45) is 23.7 Å². The van der Waals surface area contributed by atoms with E-state index in [0.717, 1.165) is 114 Å². The molecule has 0 fully saturated rings. The first-order valence-electron chi connectivity index (χ1n) is 45.2. The maximum atomic E-state index is 13.1. The van der Waals surface area contributed by atoms with Gasteiger partial charge in [0.25, 0.3) is 0 Å². The van der Waals surface area contributed by atoms with Crippen LogP contribution in [0.25, 0.3) is 0 Å². The summed E-state index contributed by atoms with van der Waals surface area (Å²) < 4.78 is 68.9. The van der Waals surface area contributed by atoms with Gasteiger partial charge in [-0.15, -0.1) is 0 Å². The number of phosphoric acid groups is 2. The lowest BCUT2D eigenvalue weighted by molar-refractivity contribution is -0.161. The zero-order chi connectivity index (χ0) is 78.8. The van der Waals surface area contributed by atoms with Crippen LogP contribution in [-0.2, 0) is 65.4 Å². The molecule has 0 radical (unpaired) electrons. The second-order valence-electron chi connectivity index (χ2n) is 33.3. The van der Waals surface area contributed by atoms with Crippen LogP contribution in [0.1, 0.15) is 460 Å². The van der Waals surface area contributed by atoms with E-state index in [1.807, 2.05) is 0 Å². The predicted octanol–water partition coefficient (Wildman–Crippen LogP) is 26.7. The second kappa shape index (κ2) is 76.7. The zero-order valence-corrected chi connectivity index (χ0v) is 72.6. The smallest absolute Gasteiger partial charge is 0.462 e. The van der Waals surface area contributed by atoms with Gasteiger partial charge in [0.2, 0.25) is 0 Å². The van der Waals surface area contributed by atoms with Crippen molar-refractivity contribution in [2.45, 2.75) is 478 Å². The molecule has 636 valence electrons. The van der Waals surface area contributed by atoms with Crippen LogP contribution >= 0.6 is 15.6 Å². The minimum absolute atomic E-state index is 0.107. The molecule has 0 aliphatic heterocycles. The Morgan fingerprint density at radius 3 is 0.664 bits per heavy atom. The molecule has 0 saturated heterocycles. The maximum Gasteiger partial charge on any atom is 0.472 e. The lowest BCUT2D eigenvalue weighted by Crippen LogP contribution is -2.30. The molecule has 0 spiro atoms. The highest BCUT2D eigenvalue weighted by atomic mass is 31.2. The molecule has 0 saturated carbocycles. The number of carbonyl (C=O) groups excluding carboxylic acids is 4. The third-order valence-corrected chi connectivity index (χ3v) is 22.8. The van der Waals surface area contributed by atoms with Crippen molar-refractivity contribution in [3.63, 3.8) is 0 Å². The Hall–Kier alpha value is -1.94. The van der Waals surface area contributed by atoms with Gasteiger partial charge < -0.3 is 33.8 Å². The number of hydrogen-bond acceptors (Lipinski definition) is 15. The molecule has 0 amide bonds. The molecule has 0 rings (SSSR count). The highest BCUT2D eigenvalue weighted by molar-refractivity contribution is 7.47. The summed E-state index contributed by atoms with van der Waals surface area (Å²) >= 11 is 0. The summed E-state index contributed by atoms with van der Waals surface area (Å²) in [6, 6.07) is 0.